The lowest BCUT2D eigenvalue weighted by atomic mass is 10.4. The molecule has 1 rings (SSSR count). The average molecular weight is 127 g/mol. The molecule has 0 radical (unpaired) electrons. The van der Waals surface area contributed by atoms with Crippen molar-refractivity contribution in [3.8, 4) is 12.1 Å². The predicted octanol–water partition coefficient (Wildman–Crippen LogP) is 1.01. The van der Waals surface area contributed by atoms with Gasteiger partial charge in [0.1, 0.15) is 6.17 Å². The molecule has 0 atom stereocenters. The molecule has 0 spiro atoms. The van der Waals surface area contributed by atoms with Crippen molar-refractivity contribution in [2.75, 3.05) is 19.6 Å². The first-order chi connectivity index (χ1) is 4.43. The van der Waals surface area contributed by atoms with Crippen LogP contribution >= 0.6 is 0 Å². The van der Waals surface area contributed by atoms with Gasteiger partial charge in [-0.15, -0.1) is 4.39 Å². The Morgan fingerprint density at radius 2 is 2.00 bits per heavy atom. The van der Waals surface area contributed by atoms with E-state index in [1.165, 1.54) is 19.0 Å². The van der Waals surface area contributed by atoms with Gasteiger partial charge in [-0.05, 0) is 25.9 Å². The quantitative estimate of drug-likeness (QED) is 0.475. The van der Waals surface area contributed by atoms with Gasteiger partial charge in [0.15, 0.2) is 0 Å². The molecule has 1 aliphatic heterocycles. The van der Waals surface area contributed by atoms with Gasteiger partial charge in [0.2, 0.25) is 0 Å². The van der Waals surface area contributed by atoms with Gasteiger partial charge in [-0.3, -0.25) is 4.90 Å². The van der Waals surface area contributed by atoms with Gasteiger partial charge in [0.05, 0.1) is 6.54 Å². The summed E-state index contributed by atoms with van der Waals surface area (Å²) in [5, 5.41) is 0. The Morgan fingerprint density at radius 3 is 2.56 bits per heavy atom. The molecule has 50 valence electrons. The number of halogens is 1. The molecule has 0 aromatic carbocycles. The van der Waals surface area contributed by atoms with Gasteiger partial charge in [-0.2, -0.15) is 0 Å². The van der Waals surface area contributed by atoms with Crippen LogP contribution in [0.4, 0.5) is 4.39 Å². The van der Waals surface area contributed by atoms with E-state index < -0.39 is 0 Å². The van der Waals surface area contributed by atoms with Crippen LogP contribution in [0.3, 0.4) is 0 Å². The van der Waals surface area contributed by atoms with Gasteiger partial charge in [0, 0.05) is 0 Å². The summed E-state index contributed by atoms with van der Waals surface area (Å²) >= 11 is 0. The minimum Gasteiger partial charge on any atom is -0.292 e. The van der Waals surface area contributed by atoms with Crippen molar-refractivity contribution in [3.05, 3.63) is 0 Å². The van der Waals surface area contributed by atoms with Crippen LogP contribution in [0.2, 0.25) is 0 Å². The molecule has 0 bridgehead atoms. The maximum atomic E-state index is 11.3. The minimum absolute atomic E-state index is 0.608. The molecule has 1 saturated heterocycles. The van der Waals surface area contributed by atoms with Crippen LogP contribution in [-0.4, -0.2) is 24.5 Å². The van der Waals surface area contributed by atoms with Crippen molar-refractivity contribution in [2.45, 2.75) is 12.8 Å². The highest BCUT2D eigenvalue weighted by atomic mass is 19.1. The van der Waals surface area contributed by atoms with Crippen molar-refractivity contribution in [2.24, 2.45) is 0 Å². The molecule has 9 heavy (non-hydrogen) atoms. The number of hydrogen-bond donors (Lipinski definition) is 0. The third kappa shape index (κ3) is 2.03. The van der Waals surface area contributed by atoms with Crippen LogP contribution < -0.4 is 0 Å². The smallest absolute Gasteiger partial charge is 0.106 e. The van der Waals surface area contributed by atoms with E-state index in [0.29, 0.717) is 6.54 Å². The van der Waals surface area contributed by atoms with E-state index in [0.717, 1.165) is 13.1 Å². The molecule has 0 aromatic heterocycles. The van der Waals surface area contributed by atoms with Gasteiger partial charge >= 0.3 is 0 Å². The van der Waals surface area contributed by atoms with Gasteiger partial charge in [-0.1, -0.05) is 5.92 Å². The maximum absolute atomic E-state index is 11.3. The molecule has 0 saturated carbocycles. The third-order valence-corrected chi connectivity index (χ3v) is 1.57. The second kappa shape index (κ2) is 3.47. The van der Waals surface area contributed by atoms with Gasteiger partial charge in [-0.25, -0.2) is 0 Å². The Kier molecular flexibility index (Phi) is 2.53. The zero-order valence-electron chi connectivity index (χ0n) is 5.36. The Labute approximate surface area is 54.8 Å². The highest BCUT2D eigenvalue weighted by Crippen LogP contribution is 2.05. The number of likely N-dealkylation sites (tertiary alicyclic amines) is 1. The summed E-state index contributed by atoms with van der Waals surface area (Å²) in [6, 6.07) is 0. The van der Waals surface area contributed by atoms with Crippen molar-refractivity contribution >= 4 is 0 Å². The lowest BCUT2D eigenvalue weighted by Crippen LogP contribution is -2.18. The lowest BCUT2D eigenvalue weighted by Gasteiger charge is -2.07. The second-order valence-electron chi connectivity index (χ2n) is 2.25. The van der Waals surface area contributed by atoms with E-state index in [1.54, 1.807) is 0 Å². The Balaban J connectivity index is 2.16. The summed E-state index contributed by atoms with van der Waals surface area (Å²) in [4.78, 5) is 2.16. The highest BCUT2D eigenvalue weighted by molar-refractivity contribution is 4.94. The van der Waals surface area contributed by atoms with Crippen LogP contribution in [-0.2, 0) is 0 Å². The largest absolute Gasteiger partial charge is 0.292 e. The fourth-order valence-corrected chi connectivity index (χ4v) is 1.08. The molecule has 1 fully saturated rings. The van der Waals surface area contributed by atoms with Crippen molar-refractivity contribution < 1.29 is 4.39 Å². The van der Waals surface area contributed by atoms with Crippen LogP contribution in [0.5, 0.6) is 0 Å². The Bertz CT molecular complexity index is 128. The molecule has 1 aliphatic rings. The van der Waals surface area contributed by atoms with Crippen molar-refractivity contribution in [1.29, 1.82) is 0 Å². The number of hydrogen-bond acceptors (Lipinski definition) is 1. The summed E-state index contributed by atoms with van der Waals surface area (Å²) in [6.45, 7) is 2.79. The van der Waals surface area contributed by atoms with Crippen LogP contribution in [0.25, 0.3) is 0 Å². The Hall–Kier alpha value is -0.550. The third-order valence-electron chi connectivity index (χ3n) is 1.57. The van der Waals surface area contributed by atoms with Crippen LogP contribution in [0.15, 0.2) is 0 Å². The first-order valence-corrected chi connectivity index (χ1v) is 3.24. The summed E-state index contributed by atoms with van der Waals surface area (Å²) in [7, 11) is 0. The van der Waals surface area contributed by atoms with E-state index in [9.17, 15) is 4.39 Å². The lowest BCUT2D eigenvalue weighted by molar-refractivity contribution is 0.382. The molecule has 0 N–H and O–H groups in total. The molecule has 0 aromatic rings. The summed E-state index contributed by atoms with van der Waals surface area (Å²) in [5.74, 6) is 2.40. The highest BCUT2D eigenvalue weighted by Gasteiger charge is 2.08. The van der Waals surface area contributed by atoms with E-state index in [4.69, 9.17) is 0 Å². The first-order valence-electron chi connectivity index (χ1n) is 3.24. The van der Waals surface area contributed by atoms with Crippen LogP contribution in [0.1, 0.15) is 12.8 Å². The molecular formula is C7H10FN. The van der Waals surface area contributed by atoms with E-state index in [2.05, 4.69) is 10.8 Å². The molecule has 0 amide bonds. The fourth-order valence-electron chi connectivity index (χ4n) is 1.08. The molecule has 0 aliphatic carbocycles. The second-order valence-corrected chi connectivity index (χ2v) is 2.25. The van der Waals surface area contributed by atoms with Crippen molar-refractivity contribution in [1.82, 2.24) is 4.90 Å². The summed E-state index contributed by atoms with van der Waals surface area (Å²) in [5.41, 5.74) is 0. The number of nitrogens with zero attached hydrogens (tertiary/aromatic N) is 1. The zero-order chi connectivity index (χ0) is 6.53. The zero-order valence-corrected chi connectivity index (χ0v) is 5.36. The van der Waals surface area contributed by atoms with Crippen molar-refractivity contribution in [3.63, 3.8) is 0 Å². The van der Waals surface area contributed by atoms with E-state index in [1.807, 2.05) is 0 Å². The topological polar surface area (TPSA) is 3.24 Å². The minimum atomic E-state index is 0.608. The monoisotopic (exact) mass is 127 g/mol. The molecule has 2 heteroatoms. The Morgan fingerprint density at radius 1 is 1.33 bits per heavy atom. The molecular weight excluding hydrogens is 117 g/mol. The van der Waals surface area contributed by atoms with E-state index in [-0.39, 0.29) is 0 Å². The van der Waals surface area contributed by atoms with Crippen LogP contribution in [0, 0.1) is 12.1 Å². The first kappa shape index (κ1) is 6.57. The summed E-state index contributed by atoms with van der Waals surface area (Å²) in [6.07, 6.45) is 3.89. The molecule has 1 heterocycles. The van der Waals surface area contributed by atoms with E-state index >= 15 is 0 Å². The van der Waals surface area contributed by atoms with Gasteiger partial charge < -0.3 is 0 Å². The SMILES string of the molecule is FC#CCN1CCCC1. The fraction of sp³-hybridized carbons (Fsp3) is 0.714. The molecule has 1 nitrogen and oxygen atoms in total. The maximum Gasteiger partial charge on any atom is 0.106 e. The summed E-state index contributed by atoms with van der Waals surface area (Å²) < 4.78 is 11.3. The predicted molar refractivity (Wildman–Crippen MR) is 34.6 cm³/mol. The normalized spacial score (nSPS) is 19.2. The van der Waals surface area contributed by atoms with Gasteiger partial charge in [0.25, 0.3) is 0 Å². The molecule has 0 unspecified atom stereocenters. The number of rotatable bonds is 1. The average Bonchev–Trinajstić information content (AvgIpc) is 2.34. The standard InChI is InChI=1S/C7H10FN/c8-4-3-7-9-5-1-2-6-9/h1-2,5-7H2.